The van der Waals surface area contributed by atoms with E-state index < -0.39 is 0 Å². The van der Waals surface area contributed by atoms with E-state index in [-0.39, 0.29) is 0 Å². The molecule has 0 saturated heterocycles. The number of carbonyl (C=O) groups is 1. The minimum Gasteiger partial charge on any atom is -0.300 e. The van der Waals surface area contributed by atoms with Crippen molar-refractivity contribution in [3.05, 3.63) is 36.2 Å². The van der Waals surface area contributed by atoms with Gasteiger partial charge in [-0.3, -0.25) is 9.78 Å². The lowest BCUT2D eigenvalue weighted by Crippen LogP contribution is -2.53. The number of nitrogens with zero attached hydrogens (tertiary/aromatic N) is 1. The average Bonchev–Trinajstić information content (AvgIpc) is 3.00. The Bertz CT molecular complexity index is 753. The summed E-state index contributed by atoms with van der Waals surface area (Å²) in [5, 5.41) is 0. The number of ketones is 1. The van der Waals surface area contributed by atoms with Gasteiger partial charge in [-0.25, -0.2) is 0 Å². The molecule has 0 aromatic carbocycles. The van der Waals surface area contributed by atoms with Gasteiger partial charge in [0.25, 0.3) is 0 Å². The van der Waals surface area contributed by atoms with Gasteiger partial charge in [-0.1, -0.05) is 26.0 Å². The molecule has 0 amide bonds. The second-order valence-electron chi connectivity index (χ2n) is 9.95. The highest BCUT2D eigenvalue weighted by atomic mass is 16.1. The number of carbonyl (C=O) groups excluding carboxylic acids is 1. The lowest BCUT2D eigenvalue weighted by Gasteiger charge is -2.60. The van der Waals surface area contributed by atoms with E-state index in [0.29, 0.717) is 22.5 Å². The molecule has 4 aliphatic carbocycles. The van der Waals surface area contributed by atoms with Crippen LogP contribution in [0.2, 0.25) is 0 Å². The number of hydrogen-bond acceptors (Lipinski definition) is 2. The highest BCUT2D eigenvalue weighted by molar-refractivity contribution is 5.79. The van der Waals surface area contributed by atoms with Gasteiger partial charge in [-0.2, -0.15) is 0 Å². The smallest absolute Gasteiger partial charge is 0.133 e. The Morgan fingerprint density at radius 1 is 1.12 bits per heavy atom. The van der Waals surface area contributed by atoms with Crippen LogP contribution in [0.1, 0.15) is 70.8 Å². The van der Waals surface area contributed by atoms with Crippen LogP contribution in [-0.2, 0) is 4.79 Å². The lowest BCUT2D eigenvalue weighted by molar-refractivity contribution is -0.136. The molecule has 0 bridgehead atoms. The zero-order valence-electron chi connectivity index (χ0n) is 16.2. The minimum absolute atomic E-state index is 0.317. The van der Waals surface area contributed by atoms with E-state index in [2.05, 4.69) is 43.2 Å². The topological polar surface area (TPSA) is 30.0 Å². The summed E-state index contributed by atoms with van der Waals surface area (Å²) >= 11 is 0. The number of aromatic nitrogens is 1. The van der Waals surface area contributed by atoms with E-state index in [1.54, 1.807) is 5.57 Å². The molecule has 6 atom stereocenters. The second kappa shape index (κ2) is 5.78. The summed E-state index contributed by atoms with van der Waals surface area (Å²) in [6, 6.07) is 4.31. The van der Waals surface area contributed by atoms with Gasteiger partial charge in [-0.15, -0.1) is 0 Å². The van der Waals surface area contributed by atoms with Crippen LogP contribution in [0.4, 0.5) is 0 Å². The Kier molecular flexibility index (Phi) is 3.71. The van der Waals surface area contributed by atoms with Gasteiger partial charge in [0, 0.05) is 25.2 Å². The van der Waals surface area contributed by atoms with Crippen LogP contribution in [0.5, 0.6) is 0 Å². The number of fused-ring (bicyclic) bond motifs is 5. The van der Waals surface area contributed by atoms with Gasteiger partial charge in [-0.05, 0) is 90.2 Å². The van der Waals surface area contributed by atoms with Crippen LogP contribution in [0.3, 0.4) is 0 Å². The van der Waals surface area contributed by atoms with Crippen molar-refractivity contribution < 1.29 is 4.79 Å². The number of allylic oxidation sites excluding steroid dienone is 2. The van der Waals surface area contributed by atoms with E-state index in [1.165, 1.54) is 37.7 Å². The fourth-order valence-electron chi connectivity index (χ4n) is 7.58. The van der Waals surface area contributed by atoms with Crippen molar-refractivity contribution in [2.75, 3.05) is 0 Å². The Balaban J connectivity index is 1.45. The predicted molar refractivity (Wildman–Crippen MR) is 104 cm³/mol. The molecule has 1 unspecified atom stereocenters. The zero-order chi connectivity index (χ0) is 17.9. The van der Waals surface area contributed by atoms with Crippen molar-refractivity contribution in [3.63, 3.8) is 0 Å². The van der Waals surface area contributed by atoms with E-state index >= 15 is 0 Å². The Morgan fingerprint density at radius 2 is 2.00 bits per heavy atom. The summed E-state index contributed by atoms with van der Waals surface area (Å²) in [7, 11) is 0. The van der Waals surface area contributed by atoms with Crippen LogP contribution in [-0.4, -0.2) is 10.8 Å². The first-order valence-electron chi connectivity index (χ1n) is 10.6. The standard InChI is InChI=1S/C24H31NO/c1-23-11-9-18(26)14-17(23)5-6-19-21-8-7-20(16-4-3-13-25-15-16)24(21,2)12-10-22(19)23/h3-4,7,13,15,17,19,21-22H,5-6,8-12,14H2,1-2H3/t17?,19-,21-,22-,23-,24+/m0/s1. The zero-order valence-corrected chi connectivity index (χ0v) is 16.2. The van der Waals surface area contributed by atoms with Gasteiger partial charge in [0.05, 0.1) is 0 Å². The van der Waals surface area contributed by atoms with Crippen molar-refractivity contribution in [3.8, 4) is 0 Å². The first-order valence-corrected chi connectivity index (χ1v) is 10.6. The number of rotatable bonds is 1. The number of Topliss-reactive ketones (excluding diaryl/α,β-unsaturated/α-hetero) is 1. The van der Waals surface area contributed by atoms with Crippen LogP contribution in [0, 0.1) is 34.5 Å². The third kappa shape index (κ3) is 2.23. The molecule has 1 aromatic rings. The number of hydrogen-bond donors (Lipinski definition) is 0. The Morgan fingerprint density at radius 3 is 2.81 bits per heavy atom. The maximum Gasteiger partial charge on any atom is 0.133 e. The SMILES string of the molecule is C[C@]12CCC(=O)CC1CC[C@@H]1[C@@H]2CC[C@]2(C)C(c3cccnc3)=CC[C@@H]12. The summed E-state index contributed by atoms with van der Waals surface area (Å²) in [4.78, 5) is 16.4. The summed E-state index contributed by atoms with van der Waals surface area (Å²) in [5.41, 5.74) is 3.62. The quantitative estimate of drug-likeness (QED) is 0.652. The predicted octanol–water partition coefficient (Wildman–Crippen LogP) is 5.69. The first-order chi connectivity index (χ1) is 12.5. The van der Waals surface area contributed by atoms with E-state index in [0.717, 1.165) is 37.0 Å². The van der Waals surface area contributed by atoms with Crippen molar-refractivity contribution >= 4 is 11.4 Å². The molecule has 1 aromatic heterocycles. The molecule has 26 heavy (non-hydrogen) atoms. The van der Waals surface area contributed by atoms with E-state index in [9.17, 15) is 4.79 Å². The van der Waals surface area contributed by atoms with Gasteiger partial charge < -0.3 is 0 Å². The second-order valence-corrected chi connectivity index (χ2v) is 9.95. The van der Waals surface area contributed by atoms with Gasteiger partial charge >= 0.3 is 0 Å². The van der Waals surface area contributed by atoms with Crippen LogP contribution in [0.15, 0.2) is 30.6 Å². The van der Waals surface area contributed by atoms with Crippen molar-refractivity contribution in [2.45, 2.75) is 65.2 Å². The van der Waals surface area contributed by atoms with E-state index in [4.69, 9.17) is 0 Å². The monoisotopic (exact) mass is 349 g/mol. The maximum atomic E-state index is 12.0. The summed E-state index contributed by atoms with van der Waals surface area (Å²) in [6.07, 6.45) is 15.8. The molecule has 5 rings (SSSR count). The van der Waals surface area contributed by atoms with Gasteiger partial charge in [0.15, 0.2) is 0 Å². The molecule has 138 valence electrons. The average molecular weight is 350 g/mol. The Labute approximate surface area is 157 Å². The molecule has 0 N–H and O–H groups in total. The lowest BCUT2D eigenvalue weighted by atomic mass is 9.44. The Hall–Kier alpha value is -1.44. The third-order valence-electron chi connectivity index (χ3n) is 9.04. The molecule has 3 fully saturated rings. The molecule has 0 spiro atoms. The van der Waals surface area contributed by atoms with Crippen LogP contribution >= 0.6 is 0 Å². The normalized spacial score (nSPS) is 44.7. The van der Waals surface area contributed by atoms with Crippen molar-refractivity contribution in [1.29, 1.82) is 0 Å². The first kappa shape index (κ1) is 16.7. The summed E-state index contributed by atoms with van der Waals surface area (Å²) < 4.78 is 0. The fourth-order valence-corrected chi connectivity index (χ4v) is 7.58. The summed E-state index contributed by atoms with van der Waals surface area (Å²) in [6.45, 7) is 5.06. The molecule has 2 heteroatoms. The summed E-state index contributed by atoms with van der Waals surface area (Å²) in [5.74, 6) is 3.63. The molecule has 4 aliphatic rings. The van der Waals surface area contributed by atoms with Crippen LogP contribution < -0.4 is 0 Å². The molecule has 1 heterocycles. The molecule has 0 aliphatic heterocycles. The maximum absolute atomic E-state index is 12.0. The molecular formula is C24H31NO. The van der Waals surface area contributed by atoms with Gasteiger partial charge in [0.1, 0.15) is 5.78 Å². The third-order valence-corrected chi connectivity index (χ3v) is 9.04. The van der Waals surface area contributed by atoms with Gasteiger partial charge in [0.2, 0.25) is 0 Å². The molecular weight excluding hydrogens is 318 g/mol. The minimum atomic E-state index is 0.317. The highest BCUT2D eigenvalue weighted by Crippen LogP contribution is 2.67. The molecule has 2 nitrogen and oxygen atoms in total. The largest absolute Gasteiger partial charge is 0.300 e. The highest BCUT2D eigenvalue weighted by Gasteiger charge is 2.58. The van der Waals surface area contributed by atoms with Crippen LogP contribution in [0.25, 0.3) is 5.57 Å². The molecule has 3 saturated carbocycles. The fraction of sp³-hybridized carbons (Fsp3) is 0.667. The van der Waals surface area contributed by atoms with Crippen molar-refractivity contribution in [1.82, 2.24) is 4.98 Å². The molecule has 0 radical (unpaired) electrons. The van der Waals surface area contributed by atoms with Crippen molar-refractivity contribution in [2.24, 2.45) is 34.5 Å². The van der Waals surface area contributed by atoms with E-state index in [1.807, 2.05) is 6.20 Å². The number of pyridine rings is 1.